The summed E-state index contributed by atoms with van der Waals surface area (Å²) in [5, 5.41) is 14.4. The number of amides is 1. The Balaban J connectivity index is 1.19. The zero-order valence-electron chi connectivity index (χ0n) is 18.5. The van der Waals surface area contributed by atoms with Crippen LogP contribution in [0.2, 0.25) is 0 Å². The molecule has 1 amide bonds. The molecule has 32 heavy (non-hydrogen) atoms. The van der Waals surface area contributed by atoms with Gasteiger partial charge in [-0.15, -0.1) is 10.2 Å². The van der Waals surface area contributed by atoms with E-state index in [-0.39, 0.29) is 5.69 Å². The molecule has 0 atom stereocenters. The first-order valence-electron chi connectivity index (χ1n) is 11.8. The fourth-order valence-electron chi connectivity index (χ4n) is 4.74. The van der Waals surface area contributed by atoms with E-state index in [2.05, 4.69) is 47.7 Å². The molecule has 170 valence electrons. The first-order valence-corrected chi connectivity index (χ1v) is 11.8. The van der Waals surface area contributed by atoms with E-state index in [0.717, 1.165) is 50.7 Å². The lowest BCUT2D eigenvalue weighted by Gasteiger charge is -2.41. The largest absolute Gasteiger partial charge is 0.369 e. The Kier molecular flexibility index (Phi) is 6.07. The predicted molar refractivity (Wildman–Crippen MR) is 125 cm³/mol. The molecule has 1 aromatic carbocycles. The highest BCUT2D eigenvalue weighted by Gasteiger charge is 2.26. The second kappa shape index (κ2) is 9.28. The van der Waals surface area contributed by atoms with Crippen LogP contribution in [-0.4, -0.2) is 64.3 Å². The van der Waals surface area contributed by atoms with Crippen molar-refractivity contribution in [3.63, 3.8) is 0 Å². The number of hydrogen-bond donors (Lipinski definition) is 3. The number of carbonyl (C=O) groups excluding carboxylic acids is 1. The number of carbonyl (C=O) groups is 1. The molecule has 0 radical (unpaired) electrons. The minimum atomic E-state index is -0.632. The van der Waals surface area contributed by atoms with Gasteiger partial charge in [-0.25, -0.2) is 0 Å². The summed E-state index contributed by atoms with van der Waals surface area (Å²) in [6.45, 7) is 4.43. The highest BCUT2D eigenvalue weighted by atomic mass is 16.1. The number of piperazine rings is 1. The van der Waals surface area contributed by atoms with Gasteiger partial charge >= 0.3 is 0 Å². The quantitative estimate of drug-likeness (QED) is 0.607. The van der Waals surface area contributed by atoms with Crippen LogP contribution in [0.25, 0.3) is 0 Å². The molecule has 2 aliphatic carbocycles. The Morgan fingerprint density at radius 2 is 1.66 bits per heavy atom. The Hall–Kier alpha value is -2.94. The van der Waals surface area contributed by atoms with Crippen molar-refractivity contribution in [2.75, 3.05) is 41.7 Å². The van der Waals surface area contributed by atoms with Gasteiger partial charge in [0.25, 0.3) is 5.91 Å². The van der Waals surface area contributed by atoms with Gasteiger partial charge in [-0.3, -0.25) is 9.69 Å². The summed E-state index contributed by atoms with van der Waals surface area (Å²) < 4.78 is 0. The number of nitrogens with zero attached hydrogens (tertiary/aromatic N) is 5. The number of anilines is 4. The van der Waals surface area contributed by atoms with Crippen molar-refractivity contribution >= 4 is 29.0 Å². The molecule has 0 bridgehead atoms. The van der Waals surface area contributed by atoms with Crippen molar-refractivity contribution in [1.82, 2.24) is 20.1 Å². The Morgan fingerprint density at radius 1 is 0.938 bits per heavy atom. The van der Waals surface area contributed by atoms with E-state index in [1.54, 1.807) is 0 Å². The van der Waals surface area contributed by atoms with Gasteiger partial charge in [0.05, 0.1) is 0 Å². The molecule has 3 aliphatic rings. The van der Waals surface area contributed by atoms with E-state index >= 15 is 0 Å². The second-order valence-corrected chi connectivity index (χ2v) is 9.10. The highest BCUT2D eigenvalue weighted by molar-refractivity contribution is 5.95. The molecule has 1 aromatic heterocycles. The van der Waals surface area contributed by atoms with E-state index in [1.807, 2.05) is 12.1 Å². The maximum atomic E-state index is 11.6. The first kappa shape index (κ1) is 20.9. The molecule has 5 rings (SSSR count). The third-order valence-electron chi connectivity index (χ3n) is 6.73. The minimum Gasteiger partial charge on any atom is -0.369 e. The van der Waals surface area contributed by atoms with E-state index in [9.17, 15) is 4.79 Å². The molecule has 9 heteroatoms. The fourth-order valence-corrected chi connectivity index (χ4v) is 4.74. The standard InChI is InChI=1S/C23H32N8O/c24-21(32)20-22(25-16-6-7-16)27-23(29-28-20)26-17-8-10-19(11-9-17)31-14-12-30(13-15-31)18-4-2-1-3-5-18/h8-11,16,18H,1-7,12-15H2,(H2,24,32)(H2,25,26,27,29). The minimum absolute atomic E-state index is 0.0742. The number of nitrogens with two attached hydrogens (primary N) is 1. The van der Waals surface area contributed by atoms with E-state index in [4.69, 9.17) is 5.73 Å². The van der Waals surface area contributed by atoms with Crippen molar-refractivity contribution in [3.8, 4) is 0 Å². The fraction of sp³-hybridized carbons (Fsp3) is 0.565. The van der Waals surface area contributed by atoms with Crippen molar-refractivity contribution in [1.29, 1.82) is 0 Å². The maximum Gasteiger partial charge on any atom is 0.273 e. The van der Waals surface area contributed by atoms with Crippen LogP contribution in [0.15, 0.2) is 24.3 Å². The van der Waals surface area contributed by atoms with Gasteiger partial charge in [-0.1, -0.05) is 19.3 Å². The van der Waals surface area contributed by atoms with Crippen LogP contribution in [0.1, 0.15) is 55.4 Å². The van der Waals surface area contributed by atoms with E-state index in [0.29, 0.717) is 17.8 Å². The first-order chi connectivity index (χ1) is 15.7. The van der Waals surface area contributed by atoms with E-state index < -0.39 is 5.91 Å². The number of rotatable bonds is 7. The Labute approximate surface area is 188 Å². The van der Waals surface area contributed by atoms with Gasteiger partial charge in [0.15, 0.2) is 11.5 Å². The summed E-state index contributed by atoms with van der Waals surface area (Å²) in [7, 11) is 0. The molecule has 3 fully saturated rings. The van der Waals surface area contributed by atoms with Crippen LogP contribution in [0.3, 0.4) is 0 Å². The molecule has 1 saturated heterocycles. The zero-order valence-corrected chi connectivity index (χ0v) is 18.5. The van der Waals surface area contributed by atoms with Crippen LogP contribution in [0.4, 0.5) is 23.1 Å². The maximum absolute atomic E-state index is 11.6. The lowest BCUT2D eigenvalue weighted by molar-refractivity contribution is 0.0995. The van der Waals surface area contributed by atoms with Gasteiger partial charge in [0.2, 0.25) is 5.95 Å². The molecule has 2 aromatic rings. The van der Waals surface area contributed by atoms with Crippen molar-refractivity contribution in [2.45, 2.75) is 57.0 Å². The highest BCUT2D eigenvalue weighted by Crippen LogP contribution is 2.27. The molecule has 0 spiro atoms. The van der Waals surface area contributed by atoms with Crippen LogP contribution >= 0.6 is 0 Å². The molecular formula is C23H32N8O. The van der Waals surface area contributed by atoms with Gasteiger partial charge in [0, 0.05) is 49.6 Å². The smallest absolute Gasteiger partial charge is 0.273 e. The average molecular weight is 437 g/mol. The van der Waals surface area contributed by atoms with Crippen LogP contribution in [0, 0.1) is 0 Å². The lowest BCUT2D eigenvalue weighted by Crippen LogP contribution is -2.50. The van der Waals surface area contributed by atoms with E-state index in [1.165, 1.54) is 37.8 Å². The number of aromatic nitrogens is 3. The number of primary amides is 1. The van der Waals surface area contributed by atoms with Crippen molar-refractivity contribution in [2.24, 2.45) is 5.73 Å². The Bertz CT molecular complexity index is 932. The van der Waals surface area contributed by atoms with Crippen LogP contribution < -0.4 is 21.3 Å². The van der Waals surface area contributed by atoms with Gasteiger partial charge < -0.3 is 21.3 Å². The SMILES string of the molecule is NC(=O)c1nnc(Nc2ccc(N3CCN(C4CCCCC4)CC3)cc2)nc1NC1CC1. The topological polar surface area (TPSA) is 112 Å². The summed E-state index contributed by atoms with van der Waals surface area (Å²) in [5.41, 5.74) is 7.59. The van der Waals surface area contributed by atoms with Crippen molar-refractivity contribution < 1.29 is 4.79 Å². The third-order valence-corrected chi connectivity index (χ3v) is 6.73. The summed E-state index contributed by atoms with van der Waals surface area (Å²) in [6.07, 6.45) is 9.05. The number of hydrogen-bond acceptors (Lipinski definition) is 8. The number of benzene rings is 1. The summed E-state index contributed by atoms with van der Waals surface area (Å²) in [4.78, 5) is 21.2. The summed E-state index contributed by atoms with van der Waals surface area (Å²) >= 11 is 0. The zero-order chi connectivity index (χ0) is 21.9. The normalized spacial score (nSPS) is 20.2. The van der Waals surface area contributed by atoms with Gasteiger partial charge in [-0.2, -0.15) is 4.98 Å². The monoisotopic (exact) mass is 436 g/mol. The summed E-state index contributed by atoms with van der Waals surface area (Å²) in [6, 6.07) is 9.45. The number of nitrogens with one attached hydrogen (secondary N) is 2. The van der Waals surface area contributed by atoms with Gasteiger partial charge in [0.1, 0.15) is 0 Å². The second-order valence-electron chi connectivity index (χ2n) is 9.10. The molecule has 9 nitrogen and oxygen atoms in total. The molecule has 2 heterocycles. The molecule has 4 N–H and O–H groups in total. The molecule has 0 unspecified atom stereocenters. The summed E-state index contributed by atoms with van der Waals surface area (Å²) in [5.74, 6) is 0.101. The van der Waals surface area contributed by atoms with Crippen LogP contribution in [-0.2, 0) is 0 Å². The Morgan fingerprint density at radius 3 is 2.31 bits per heavy atom. The molecule has 2 saturated carbocycles. The lowest BCUT2D eigenvalue weighted by atomic mass is 9.94. The van der Waals surface area contributed by atoms with Crippen molar-refractivity contribution in [3.05, 3.63) is 30.0 Å². The predicted octanol–water partition coefficient (Wildman–Crippen LogP) is 2.74. The average Bonchev–Trinajstić information content (AvgIpc) is 3.64. The van der Waals surface area contributed by atoms with Crippen LogP contribution in [0.5, 0.6) is 0 Å². The molecule has 1 aliphatic heterocycles. The third kappa shape index (κ3) is 4.93. The molecular weight excluding hydrogens is 404 g/mol. The van der Waals surface area contributed by atoms with Gasteiger partial charge in [-0.05, 0) is 49.9 Å².